The highest BCUT2D eigenvalue weighted by Crippen LogP contribution is 2.24. The molecule has 104 valence electrons. The van der Waals surface area contributed by atoms with Gasteiger partial charge in [-0.1, -0.05) is 24.6 Å². The molecule has 1 fully saturated rings. The van der Waals surface area contributed by atoms with E-state index in [-0.39, 0.29) is 12.3 Å². The Morgan fingerprint density at radius 1 is 1.47 bits per heavy atom. The normalized spacial score (nSPS) is 19.5. The van der Waals surface area contributed by atoms with Gasteiger partial charge in [-0.15, -0.1) is 0 Å². The molecule has 1 aromatic carbocycles. The Morgan fingerprint density at radius 3 is 2.95 bits per heavy atom. The van der Waals surface area contributed by atoms with Crippen LogP contribution in [0.15, 0.2) is 18.2 Å². The average Bonchev–Trinajstić information content (AvgIpc) is 2.42. The van der Waals surface area contributed by atoms with Crippen molar-refractivity contribution >= 4 is 17.5 Å². The molecule has 1 atom stereocenters. The Balaban J connectivity index is 2.12. The number of nitrogens with zero attached hydrogens (tertiary/aromatic N) is 1. The zero-order chi connectivity index (χ0) is 13.8. The first-order valence-electron chi connectivity index (χ1n) is 6.85. The predicted octanol–water partition coefficient (Wildman–Crippen LogP) is 3.81. The van der Waals surface area contributed by atoms with Crippen LogP contribution in [0, 0.1) is 5.82 Å². The molecular weight excluding hydrogens is 265 g/mol. The topological polar surface area (TPSA) is 20.3 Å². The second-order valence-corrected chi connectivity index (χ2v) is 5.43. The fourth-order valence-electron chi connectivity index (χ4n) is 2.71. The minimum absolute atomic E-state index is 0.0152. The van der Waals surface area contributed by atoms with Gasteiger partial charge in [0.1, 0.15) is 5.82 Å². The summed E-state index contributed by atoms with van der Waals surface area (Å²) in [7, 11) is 0. The highest BCUT2D eigenvalue weighted by molar-refractivity contribution is 6.31. The van der Waals surface area contributed by atoms with E-state index in [0.29, 0.717) is 16.6 Å². The van der Waals surface area contributed by atoms with Crippen LogP contribution in [-0.2, 0) is 11.2 Å². The standard InChI is InChI=1S/C15H19ClFNO/c1-2-11-6-3-4-9-18(11)15(19)10-12-13(16)7-5-8-14(12)17/h5,7-8,11H,2-4,6,9-10H2,1H3/t11-/m1/s1. The van der Waals surface area contributed by atoms with Crippen molar-refractivity contribution in [2.75, 3.05) is 6.54 Å². The summed E-state index contributed by atoms with van der Waals surface area (Å²) >= 11 is 5.97. The Morgan fingerprint density at radius 2 is 2.26 bits per heavy atom. The monoisotopic (exact) mass is 283 g/mol. The zero-order valence-corrected chi connectivity index (χ0v) is 11.9. The van der Waals surface area contributed by atoms with Gasteiger partial charge in [-0.05, 0) is 37.8 Å². The summed E-state index contributed by atoms with van der Waals surface area (Å²) in [4.78, 5) is 14.2. The molecule has 0 spiro atoms. The van der Waals surface area contributed by atoms with Crippen molar-refractivity contribution in [1.82, 2.24) is 4.90 Å². The van der Waals surface area contributed by atoms with E-state index < -0.39 is 5.82 Å². The molecule has 19 heavy (non-hydrogen) atoms. The van der Waals surface area contributed by atoms with E-state index in [1.165, 1.54) is 12.5 Å². The molecule has 1 aliphatic heterocycles. The largest absolute Gasteiger partial charge is 0.339 e. The van der Waals surface area contributed by atoms with E-state index in [2.05, 4.69) is 6.92 Å². The third kappa shape index (κ3) is 3.27. The van der Waals surface area contributed by atoms with Gasteiger partial charge in [-0.2, -0.15) is 0 Å². The molecule has 4 heteroatoms. The fraction of sp³-hybridized carbons (Fsp3) is 0.533. The van der Waals surface area contributed by atoms with E-state index in [9.17, 15) is 9.18 Å². The van der Waals surface area contributed by atoms with Crippen LogP contribution in [0.4, 0.5) is 4.39 Å². The Hall–Kier alpha value is -1.09. The predicted molar refractivity (Wildman–Crippen MR) is 74.8 cm³/mol. The molecule has 0 bridgehead atoms. The molecule has 0 aliphatic carbocycles. The van der Waals surface area contributed by atoms with Crippen LogP contribution in [0.2, 0.25) is 5.02 Å². The lowest BCUT2D eigenvalue weighted by atomic mass is 9.99. The minimum Gasteiger partial charge on any atom is -0.339 e. The Kier molecular flexibility index (Phi) is 4.81. The SMILES string of the molecule is CC[C@@H]1CCCCN1C(=O)Cc1c(F)cccc1Cl. The number of carbonyl (C=O) groups is 1. The van der Waals surface area contributed by atoms with Crippen molar-refractivity contribution in [3.05, 3.63) is 34.6 Å². The summed E-state index contributed by atoms with van der Waals surface area (Å²) in [6, 6.07) is 4.83. The van der Waals surface area contributed by atoms with Crippen LogP contribution >= 0.6 is 11.6 Å². The van der Waals surface area contributed by atoms with E-state index in [0.717, 1.165) is 25.8 Å². The lowest BCUT2D eigenvalue weighted by Crippen LogP contribution is -2.44. The number of rotatable bonds is 3. The number of carbonyl (C=O) groups excluding carboxylic acids is 1. The first-order chi connectivity index (χ1) is 9.13. The molecule has 0 unspecified atom stereocenters. The van der Waals surface area contributed by atoms with E-state index in [4.69, 9.17) is 11.6 Å². The van der Waals surface area contributed by atoms with Crippen LogP contribution in [0.25, 0.3) is 0 Å². The number of hydrogen-bond donors (Lipinski definition) is 0. The van der Waals surface area contributed by atoms with E-state index in [1.807, 2.05) is 4.90 Å². The minimum atomic E-state index is -0.397. The summed E-state index contributed by atoms with van der Waals surface area (Å²) in [6.45, 7) is 2.87. The molecule has 1 amide bonds. The Bertz CT molecular complexity index is 443. The first-order valence-corrected chi connectivity index (χ1v) is 7.23. The average molecular weight is 284 g/mol. The van der Waals surface area contributed by atoms with Gasteiger partial charge in [0, 0.05) is 23.2 Å². The molecule has 2 nitrogen and oxygen atoms in total. The summed E-state index contributed by atoms with van der Waals surface area (Å²) in [6.07, 6.45) is 4.27. The molecule has 0 radical (unpaired) electrons. The summed E-state index contributed by atoms with van der Waals surface area (Å²) < 4.78 is 13.7. The van der Waals surface area contributed by atoms with Gasteiger partial charge in [0.05, 0.1) is 6.42 Å². The van der Waals surface area contributed by atoms with Crippen molar-refractivity contribution in [2.45, 2.75) is 45.1 Å². The number of hydrogen-bond acceptors (Lipinski definition) is 1. The lowest BCUT2D eigenvalue weighted by Gasteiger charge is -2.35. The maximum absolute atomic E-state index is 13.7. The smallest absolute Gasteiger partial charge is 0.227 e. The van der Waals surface area contributed by atoms with E-state index in [1.54, 1.807) is 12.1 Å². The molecule has 1 aromatic rings. The van der Waals surface area contributed by atoms with Gasteiger partial charge in [-0.3, -0.25) is 4.79 Å². The molecule has 0 N–H and O–H groups in total. The highest BCUT2D eigenvalue weighted by Gasteiger charge is 2.26. The summed E-state index contributed by atoms with van der Waals surface area (Å²) in [5, 5.41) is 0.332. The molecule has 1 heterocycles. The third-order valence-electron chi connectivity index (χ3n) is 3.81. The van der Waals surface area contributed by atoms with Crippen LogP contribution in [0.1, 0.15) is 38.2 Å². The second-order valence-electron chi connectivity index (χ2n) is 5.02. The third-order valence-corrected chi connectivity index (χ3v) is 4.16. The van der Waals surface area contributed by atoms with Crippen LogP contribution < -0.4 is 0 Å². The molecule has 0 aromatic heterocycles. The van der Waals surface area contributed by atoms with Gasteiger partial charge >= 0.3 is 0 Å². The lowest BCUT2D eigenvalue weighted by molar-refractivity contribution is -0.134. The van der Waals surface area contributed by atoms with Crippen molar-refractivity contribution in [3.63, 3.8) is 0 Å². The molecular formula is C15H19ClFNO. The summed E-state index contributed by atoms with van der Waals surface area (Å²) in [5.41, 5.74) is 0.314. The molecule has 0 saturated carbocycles. The number of halogens is 2. The van der Waals surface area contributed by atoms with Crippen molar-refractivity contribution in [2.24, 2.45) is 0 Å². The van der Waals surface area contributed by atoms with Crippen molar-refractivity contribution in [1.29, 1.82) is 0 Å². The zero-order valence-electron chi connectivity index (χ0n) is 11.2. The Labute approximate surface area is 118 Å². The first kappa shape index (κ1) is 14.3. The molecule has 1 aliphatic rings. The number of benzene rings is 1. The fourth-order valence-corrected chi connectivity index (χ4v) is 2.94. The van der Waals surface area contributed by atoms with Gasteiger partial charge in [-0.25, -0.2) is 4.39 Å². The van der Waals surface area contributed by atoms with Gasteiger partial charge in [0.15, 0.2) is 0 Å². The molecule has 1 saturated heterocycles. The highest BCUT2D eigenvalue weighted by atomic mass is 35.5. The number of amides is 1. The van der Waals surface area contributed by atoms with Crippen LogP contribution in [0.3, 0.4) is 0 Å². The van der Waals surface area contributed by atoms with Gasteiger partial charge < -0.3 is 4.90 Å². The quantitative estimate of drug-likeness (QED) is 0.826. The summed E-state index contributed by atoms with van der Waals surface area (Å²) in [5.74, 6) is -0.413. The number of piperidine rings is 1. The van der Waals surface area contributed by atoms with Gasteiger partial charge in [0.2, 0.25) is 5.91 Å². The van der Waals surface area contributed by atoms with Crippen LogP contribution in [0.5, 0.6) is 0 Å². The van der Waals surface area contributed by atoms with E-state index >= 15 is 0 Å². The number of likely N-dealkylation sites (tertiary alicyclic amines) is 1. The maximum atomic E-state index is 13.7. The van der Waals surface area contributed by atoms with Crippen LogP contribution in [-0.4, -0.2) is 23.4 Å². The molecule has 2 rings (SSSR count). The second kappa shape index (κ2) is 6.38. The maximum Gasteiger partial charge on any atom is 0.227 e. The van der Waals surface area contributed by atoms with Crippen molar-refractivity contribution < 1.29 is 9.18 Å². The van der Waals surface area contributed by atoms with Crippen molar-refractivity contribution in [3.8, 4) is 0 Å². The van der Waals surface area contributed by atoms with Gasteiger partial charge in [0.25, 0.3) is 0 Å².